The molecule has 0 aliphatic carbocycles. The van der Waals surface area contributed by atoms with Crippen LogP contribution in [0.15, 0.2) is 42.5 Å². The fraction of sp³-hybridized carbons (Fsp3) is 0.300. The highest BCUT2D eigenvalue weighted by Crippen LogP contribution is 2.18. The zero-order chi connectivity index (χ0) is 19.8. The molecule has 2 aromatic rings. The van der Waals surface area contributed by atoms with Gasteiger partial charge in [-0.3, -0.25) is 9.59 Å². The largest absolute Gasteiger partial charge is 0.494 e. The molecular weight excluding hydrogens is 356 g/mol. The van der Waals surface area contributed by atoms with Gasteiger partial charge in [-0.25, -0.2) is 8.78 Å². The average molecular weight is 377 g/mol. The smallest absolute Gasteiger partial charge is 0.311 e. The zero-order valence-corrected chi connectivity index (χ0v) is 15.1. The molecule has 2 aromatic carbocycles. The van der Waals surface area contributed by atoms with Gasteiger partial charge in [0.05, 0.1) is 13.5 Å². The minimum absolute atomic E-state index is 0.0843. The van der Waals surface area contributed by atoms with E-state index in [1.165, 1.54) is 38.3 Å². The van der Waals surface area contributed by atoms with Crippen LogP contribution < -0.4 is 10.1 Å². The molecule has 0 spiro atoms. The number of methoxy groups -OCH3 is 1. The standard InChI is InChI=1S/C20H21F2NO4/c1-13(20(25)23-10-9-14-3-6-16(21)7-4-14)27-19(24)12-15-5-8-18(26-2)17(22)11-15/h3-8,11,13H,9-10,12H2,1-2H3,(H,23,25)/t13-/m0/s1. The number of amides is 1. The van der Waals surface area contributed by atoms with Gasteiger partial charge >= 0.3 is 5.97 Å². The van der Waals surface area contributed by atoms with Crippen molar-refractivity contribution in [3.05, 3.63) is 65.2 Å². The van der Waals surface area contributed by atoms with E-state index in [0.29, 0.717) is 18.5 Å². The van der Waals surface area contributed by atoms with Crippen LogP contribution in [0.4, 0.5) is 8.78 Å². The van der Waals surface area contributed by atoms with Crippen LogP contribution in [-0.4, -0.2) is 31.6 Å². The predicted molar refractivity (Wildman–Crippen MR) is 95.3 cm³/mol. The molecule has 7 heteroatoms. The summed E-state index contributed by atoms with van der Waals surface area (Å²) in [5.41, 5.74) is 1.30. The lowest BCUT2D eigenvalue weighted by Crippen LogP contribution is -2.37. The van der Waals surface area contributed by atoms with Crippen molar-refractivity contribution < 1.29 is 27.8 Å². The predicted octanol–water partition coefficient (Wildman–Crippen LogP) is 2.81. The molecular formula is C20H21F2NO4. The molecule has 0 unspecified atom stereocenters. The van der Waals surface area contributed by atoms with E-state index in [9.17, 15) is 18.4 Å². The maximum absolute atomic E-state index is 13.6. The molecule has 27 heavy (non-hydrogen) atoms. The molecule has 0 saturated heterocycles. The van der Waals surface area contributed by atoms with Gasteiger partial charge in [0, 0.05) is 6.54 Å². The minimum atomic E-state index is -0.978. The molecule has 1 amide bonds. The van der Waals surface area contributed by atoms with Gasteiger partial charge in [-0.15, -0.1) is 0 Å². The van der Waals surface area contributed by atoms with Crippen molar-refractivity contribution in [1.82, 2.24) is 5.32 Å². The summed E-state index contributed by atoms with van der Waals surface area (Å²) in [4.78, 5) is 23.9. The average Bonchev–Trinajstić information content (AvgIpc) is 2.63. The van der Waals surface area contributed by atoms with E-state index in [-0.39, 0.29) is 18.0 Å². The van der Waals surface area contributed by atoms with Crippen molar-refractivity contribution >= 4 is 11.9 Å². The van der Waals surface area contributed by atoms with Gasteiger partial charge in [-0.05, 0) is 48.7 Å². The zero-order valence-electron chi connectivity index (χ0n) is 15.1. The fourth-order valence-electron chi connectivity index (χ4n) is 2.40. The van der Waals surface area contributed by atoms with E-state index >= 15 is 0 Å². The Morgan fingerprint density at radius 1 is 1.07 bits per heavy atom. The number of rotatable bonds is 8. The minimum Gasteiger partial charge on any atom is -0.494 e. The summed E-state index contributed by atoms with van der Waals surface area (Å²) in [5, 5.41) is 2.65. The summed E-state index contributed by atoms with van der Waals surface area (Å²) in [7, 11) is 1.35. The molecule has 0 aliphatic heterocycles. The molecule has 1 atom stereocenters. The number of halogens is 2. The second kappa shape index (κ2) is 9.66. The van der Waals surface area contributed by atoms with Crippen LogP contribution in [0.5, 0.6) is 5.75 Å². The van der Waals surface area contributed by atoms with E-state index in [1.807, 2.05) is 0 Å². The quantitative estimate of drug-likeness (QED) is 0.719. The van der Waals surface area contributed by atoms with Crippen LogP contribution in [0.2, 0.25) is 0 Å². The number of ether oxygens (including phenoxy) is 2. The van der Waals surface area contributed by atoms with Crippen molar-refractivity contribution in [1.29, 1.82) is 0 Å². The van der Waals surface area contributed by atoms with Crippen molar-refractivity contribution in [2.24, 2.45) is 0 Å². The fourth-order valence-corrected chi connectivity index (χ4v) is 2.40. The molecule has 1 N–H and O–H groups in total. The summed E-state index contributed by atoms with van der Waals surface area (Å²) in [6.07, 6.45) is -0.611. The maximum Gasteiger partial charge on any atom is 0.311 e. The summed E-state index contributed by atoms with van der Waals surface area (Å²) in [6.45, 7) is 1.79. The van der Waals surface area contributed by atoms with Crippen LogP contribution in [0.3, 0.4) is 0 Å². The Balaban J connectivity index is 1.76. The van der Waals surface area contributed by atoms with E-state index in [0.717, 1.165) is 5.56 Å². The highest BCUT2D eigenvalue weighted by atomic mass is 19.1. The molecule has 0 aliphatic rings. The molecule has 0 aromatic heterocycles. The Morgan fingerprint density at radius 3 is 2.37 bits per heavy atom. The number of carbonyl (C=O) groups excluding carboxylic acids is 2. The van der Waals surface area contributed by atoms with Crippen LogP contribution in [0.25, 0.3) is 0 Å². The first-order valence-electron chi connectivity index (χ1n) is 8.43. The highest BCUT2D eigenvalue weighted by molar-refractivity contribution is 5.83. The molecule has 0 fully saturated rings. The summed E-state index contributed by atoms with van der Waals surface area (Å²) in [5.74, 6) is -1.89. The van der Waals surface area contributed by atoms with Gasteiger partial charge in [-0.1, -0.05) is 18.2 Å². The normalized spacial score (nSPS) is 11.6. The SMILES string of the molecule is COc1ccc(CC(=O)O[C@@H](C)C(=O)NCCc2ccc(F)cc2)cc1F. The first kappa shape index (κ1) is 20.4. The molecule has 0 radical (unpaired) electrons. The second-order valence-corrected chi connectivity index (χ2v) is 5.95. The lowest BCUT2D eigenvalue weighted by molar-refractivity contribution is -0.154. The number of hydrogen-bond acceptors (Lipinski definition) is 4. The Morgan fingerprint density at radius 2 is 1.74 bits per heavy atom. The van der Waals surface area contributed by atoms with Gasteiger partial charge < -0.3 is 14.8 Å². The number of esters is 1. The van der Waals surface area contributed by atoms with E-state index < -0.39 is 23.8 Å². The van der Waals surface area contributed by atoms with Crippen molar-refractivity contribution in [2.75, 3.05) is 13.7 Å². The van der Waals surface area contributed by atoms with E-state index in [1.54, 1.807) is 18.2 Å². The van der Waals surface area contributed by atoms with E-state index in [2.05, 4.69) is 5.32 Å². The number of carbonyl (C=O) groups is 2. The van der Waals surface area contributed by atoms with Crippen molar-refractivity contribution in [3.8, 4) is 5.75 Å². The Bertz CT molecular complexity index is 793. The van der Waals surface area contributed by atoms with Crippen LogP contribution in [0.1, 0.15) is 18.1 Å². The third-order valence-corrected chi connectivity index (χ3v) is 3.87. The van der Waals surface area contributed by atoms with Crippen molar-refractivity contribution in [3.63, 3.8) is 0 Å². The van der Waals surface area contributed by atoms with Crippen LogP contribution in [0, 0.1) is 11.6 Å². The lowest BCUT2D eigenvalue weighted by Gasteiger charge is -2.14. The van der Waals surface area contributed by atoms with Gasteiger partial charge in [0.25, 0.3) is 5.91 Å². The Labute approximate surface area is 156 Å². The molecule has 2 rings (SSSR count). The first-order chi connectivity index (χ1) is 12.9. The third kappa shape index (κ3) is 6.36. The molecule has 0 heterocycles. The topological polar surface area (TPSA) is 64.6 Å². The number of nitrogens with one attached hydrogen (secondary N) is 1. The third-order valence-electron chi connectivity index (χ3n) is 3.87. The summed E-state index contributed by atoms with van der Waals surface area (Å²) < 4.78 is 36.4. The molecule has 0 bridgehead atoms. The highest BCUT2D eigenvalue weighted by Gasteiger charge is 2.18. The molecule has 5 nitrogen and oxygen atoms in total. The van der Waals surface area contributed by atoms with Crippen LogP contribution >= 0.6 is 0 Å². The van der Waals surface area contributed by atoms with Gasteiger partial charge in [0.1, 0.15) is 5.82 Å². The van der Waals surface area contributed by atoms with Crippen LogP contribution in [-0.2, 0) is 27.2 Å². The Hall–Kier alpha value is -2.96. The lowest BCUT2D eigenvalue weighted by atomic mass is 10.1. The number of hydrogen-bond donors (Lipinski definition) is 1. The molecule has 144 valence electrons. The van der Waals surface area contributed by atoms with Gasteiger partial charge in [0.2, 0.25) is 0 Å². The first-order valence-corrected chi connectivity index (χ1v) is 8.43. The number of benzene rings is 2. The van der Waals surface area contributed by atoms with Gasteiger partial charge in [0.15, 0.2) is 17.7 Å². The Kier molecular flexibility index (Phi) is 7.28. The maximum atomic E-state index is 13.6. The second-order valence-electron chi connectivity index (χ2n) is 5.95. The monoisotopic (exact) mass is 377 g/mol. The van der Waals surface area contributed by atoms with Gasteiger partial charge in [-0.2, -0.15) is 0 Å². The summed E-state index contributed by atoms with van der Waals surface area (Å²) >= 11 is 0. The molecule has 0 saturated carbocycles. The summed E-state index contributed by atoms with van der Waals surface area (Å²) in [6, 6.07) is 10.1. The van der Waals surface area contributed by atoms with Crippen molar-refractivity contribution in [2.45, 2.75) is 25.9 Å². The van der Waals surface area contributed by atoms with E-state index in [4.69, 9.17) is 9.47 Å².